The van der Waals surface area contributed by atoms with Crippen molar-refractivity contribution in [2.45, 2.75) is 23.5 Å². The fraction of sp³-hybridized carbons (Fsp3) is 0.150. The molecule has 2 aromatic heterocycles. The number of thiazole rings is 1. The van der Waals surface area contributed by atoms with Gasteiger partial charge in [0.2, 0.25) is 0 Å². The van der Waals surface area contributed by atoms with Crippen molar-refractivity contribution in [2.24, 2.45) is 0 Å². The first-order valence-corrected chi connectivity index (χ1v) is 10.0. The van der Waals surface area contributed by atoms with E-state index in [1.807, 2.05) is 48.0 Å². The highest BCUT2D eigenvalue weighted by atomic mass is 32.2. The topological polar surface area (TPSA) is 75.1 Å². The van der Waals surface area contributed by atoms with E-state index in [4.69, 9.17) is 0 Å². The number of benzene rings is 2. The van der Waals surface area contributed by atoms with Crippen molar-refractivity contribution in [3.05, 3.63) is 54.2 Å². The number of fused-ring (bicyclic) bond motifs is 2. The summed E-state index contributed by atoms with van der Waals surface area (Å²) in [5.41, 5.74) is 5.49. The second kappa shape index (κ2) is 6.83. The Balaban J connectivity index is 1.63. The molecule has 0 saturated heterocycles. The molecular formula is C20H17N3O2S2. The van der Waals surface area contributed by atoms with Crippen LogP contribution in [-0.4, -0.2) is 25.8 Å². The summed E-state index contributed by atoms with van der Waals surface area (Å²) in [6.45, 7) is 3.41. The molecule has 0 aliphatic heterocycles. The minimum Gasteiger partial charge on any atom is -0.480 e. The van der Waals surface area contributed by atoms with Gasteiger partial charge in [0.1, 0.15) is 4.75 Å². The van der Waals surface area contributed by atoms with Crippen LogP contribution in [0.5, 0.6) is 0 Å². The molecule has 27 heavy (non-hydrogen) atoms. The predicted octanol–water partition coefficient (Wildman–Crippen LogP) is 5.54. The average Bonchev–Trinajstić information content (AvgIpc) is 3.09. The number of aromatic nitrogens is 2. The molecule has 0 bridgehead atoms. The summed E-state index contributed by atoms with van der Waals surface area (Å²) in [4.78, 5) is 21.1. The smallest absolute Gasteiger partial charge is 0.319 e. The minimum atomic E-state index is -0.889. The minimum absolute atomic E-state index is 0.835. The van der Waals surface area contributed by atoms with Gasteiger partial charge in [0, 0.05) is 16.0 Å². The second-order valence-electron chi connectivity index (χ2n) is 6.66. The maximum atomic E-state index is 11.4. The first kappa shape index (κ1) is 17.8. The lowest BCUT2D eigenvalue weighted by molar-refractivity contribution is -0.138. The van der Waals surface area contributed by atoms with Gasteiger partial charge in [-0.1, -0.05) is 0 Å². The van der Waals surface area contributed by atoms with E-state index in [1.165, 1.54) is 11.8 Å². The van der Waals surface area contributed by atoms with Crippen molar-refractivity contribution in [1.82, 2.24) is 9.97 Å². The van der Waals surface area contributed by atoms with E-state index >= 15 is 0 Å². The van der Waals surface area contributed by atoms with Gasteiger partial charge in [0.25, 0.3) is 0 Å². The zero-order chi connectivity index (χ0) is 19.0. The van der Waals surface area contributed by atoms with Crippen molar-refractivity contribution in [2.75, 3.05) is 5.32 Å². The average molecular weight is 396 g/mol. The Labute approximate surface area is 164 Å². The van der Waals surface area contributed by atoms with Gasteiger partial charge in [0.05, 0.1) is 33.1 Å². The van der Waals surface area contributed by atoms with E-state index in [0.29, 0.717) is 0 Å². The van der Waals surface area contributed by atoms with E-state index in [0.717, 1.165) is 37.4 Å². The molecule has 7 heteroatoms. The highest BCUT2D eigenvalue weighted by Crippen LogP contribution is 2.34. The molecule has 0 amide bonds. The van der Waals surface area contributed by atoms with Crippen molar-refractivity contribution < 1.29 is 9.90 Å². The summed E-state index contributed by atoms with van der Waals surface area (Å²) >= 11 is 2.94. The quantitative estimate of drug-likeness (QED) is 0.432. The van der Waals surface area contributed by atoms with E-state index < -0.39 is 10.7 Å². The van der Waals surface area contributed by atoms with Crippen LogP contribution < -0.4 is 5.32 Å². The molecule has 0 atom stereocenters. The largest absolute Gasteiger partial charge is 0.480 e. The molecule has 136 valence electrons. The number of nitrogens with one attached hydrogen (secondary N) is 1. The van der Waals surface area contributed by atoms with Crippen molar-refractivity contribution in [1.29, 1.82) is 0 Å². The third kappa shape index (κ3) is 3.74. The van der Waals surface area contributed by atoms with Crippen LogP contribution in [0.4, 0.5) is 11.4 Å². The van der Waals surface area contributed by atoms with Gasteiger partial charge in [-0.3, -0.25) is 9.78 Å². The molecule has 4 aromatic rings. The maximum Gasteiger partial charge on any atom is 0.319 e. The van der Waals surface area contributed by atoms with E-state index in [-0.39, 0.29) is 0 Å². The van der Waals surface area contributed by atoms with E-state index in [1.54, 1.807) is 31.4 Å². The van der Waals surface area contributed by atoms with Gasteiger partial charge >= 0.3 is 5.97 Å². The summed E-state index contributed by atoms with van der Waals surface area (Å²) in [5, 5.41) is 13.7. The monoisotopic (exact) mass is 395 g/mol. The van der Waals surface area contributed by atoms with Crippen molar-refractivity contribution in [3.8, 4) is 0 Å². The molecule has 0 spiro atoms. The number of hydrogen-bond acceptors (Lipinski definition) is 6. The van der Waals surface area contributed by atoms with E-state index in [9.17, 15) is 9.90 Å². The summed E-state index contributed by atoms with van der Waals surface area (Å²) in [5.74, 6) is -0.835. The fourth-order valence-electron chi connectivity index (χ4n) is 2.68. The highest BCUT2D eigenvalue weighted by molar-refractivity contribution is 8.01. The van der Waals surface area contributed by atoms with E-state index in [2.05, 4.69) is 15.3 Å². The number of carboxylic acid groups (broad SMARTS) is 1. The zero-order valence-corrected chi connectivity index (χ0v) is 16.4. The lowest BCUT2D eigenvalue weighted by Crippen LogP contribution is -2.26. The second-order valence-corrected chi connectivity index (χ2v) is 9.24. The van der Waals surface area contributed by atoms with Crippen LogP contribution in [0.3, 0.4) is 0 Å². The third-order valence-electron chi connectivity index (χ3n) is 4.16. The standard InChI is InChI=1S/C20H17N3O2S2/c1-20(2,19(24)25)27-15-4-5-16-12(8-15)7-14(10-21-16)23-13-3-6-18-17(9-13)22-11-26-18/h3-11,23H,1-2H3,(H,24,25). The highest BCUT2D eigenvalue weighted by Gasteiger charge is 2.28. The van der Waals surface area contributed by atoms with Gasteiger partial charge in [-0.15, -0.1) is 23.1 Å². The van der Waals surface area contributed by atoms with Gasteiger partial charge < -0.3 is 10.4 Å². The van der Waals surface area contributed by atoms with Gasteiger partial charge in [0.15, 0.2) is 0 Å². The molecule has 4 rings (SSSR count). The molecule has 2 heterocycles. The SMILES string of the molecule is CC(C)(Sc1ccc2ncc(Nc3ccc4scnc4c3)cc2c1)C(=O)O. The Morgan fingerprint density at radius 1 is 1.07 bits per heavy atom. The molecule has 2 aromatic carbocycles. The Morgan fingerprint density at radius 3 is 2.74 bits per heavy atom. The molecule has 0 fully saturated rings. The molecule has 0 aliphatic carbocycles. The Kier molecular flexibility index (Phi) is 4.49. The van der Waals surface area contributed by atoms with Crippen LogP contribution in [-0.2, 0) is 4.79 Å². The number of carbonyl (C=O) groups is 1. The van der Waals surface area contributed by atoms with Crippen LogP contribution in [0.25, 0.3) is 21.1 Å². The lowest BCUT2D eigenvalue weighted by Gasteiger charge is -2.18. The van der Waals surface area contributed by atoms with Crippen LogP contribution in [0.2, 0.25) is 0 Å². The van der Waals surface area contributed by atoms with Gasteiger partial charge in [-0.05, 0) is 56.3 Å². The lowest BCUT2D eigenvalue weighted by atomic mass is 10.2. The van der Waals surface area contributed by atoms with Crippen LogP contribution in [0, 0.1) is 0 Å². The third-order valence-corrected chi connectivity index (χ3v) is 6.14. The molecule has 2 N–H and O–H groups in total. The summed E-state index contributed by atoms with van der Waals surface area (Å²) in [7, 11) is 0. The Bertz CT molecular complexity index is 1150. The number of aliphatic carboxylic acids is 1. The molecule has 0 saturated carbocycles. The first-order valence-electron chi connectivity index (χ1n) is 8.33. The maximum absolute atomic E-state index is 11.4. The zero-order valence-electron chi connectivity index (χ0n) is 14.8. The van der Waals surface area contributed by atoms with Gasteiger partial charge in [-0.2, -0.15) is 0 Å². The number of pyridine rings is 1. The number of rotatable bonds is 5. The number of anilines is 2. The normalized spacial score (nSPS) is 11.8. The number of carboxylic acids is 1. The summed E-state index contributed by atoms with van der Waals surface area (Å²) in [6.07, 6.45) is 1.79. The van der Waals surface area contributed by atoms with Crippen molar-refractivity contribution in [3.63, 3.8) is 0 Å². The fourth-order valence-corrected chi connectivity index (χ4v) is 4.34. The molecule has 0 radical (unpaired) electrons. The van der Waals surface area contributed by atoms with Gasteiger partial charge in [-0.25, -0.2) is 4.98 Å². The summed E-state index contributed by atoms with van der Waals surface area (Å²) < 4.78 is 0.264. The number of nitrogens with zero attached hydrogens (tertiary/aromatic N) is 2. The van der Waals surface area contributed by atoms with Crippen molar-refractivity contribution >= 4 is 61.6 Å². The number of hydrogen-bond donors (Lipinski definition) is 2. The Morgan fingerprint density at radius 2 is 1.93 bits per heavy atom. The molecular weight excluding hydrogens is 378 g/mol. The van der Waals surface area contributed by atoms with Crippen LogP contribution in [0.1, 0.15) is 13.8 Å². The van der Waals surface area contributed by atoms with Crippen LogP contribution in [0.15, 0.2) is 59.1 Å². The Hall–Kier alpha value is -2.64. The molecule has 0 aliphatic rings. The molecule has 5 nitrogen and oxygen atoms in total. The summed E-state index contributed by atoms with van der Waals surface area (Å²) in [6, 6.07) is 13.9. The first-order chi connectivity index (χ1) is 12.9. The predicted molar refractivity (Wildman–Crippen MR) is 112 cm³/mol. The number of thioether (sulfide) groups is 1. The molecule has 0 unspecified atom stereocenters. The van der Waals surface area contributed by atoms with Crippen LogP contribution >= 0.6 is 23.1 Å².